The summed E-state index contributed by atoms with van der Waals surface area (Å²) in [5.41, 5.74) is 3.32. The zero-order valence-electron chi connectivity index (χ0n) is 37.5. The van der Waals surface area contributed by atoms with E-state index < -0.39 is 61.1 Å². The molecule has 5 atom stereocenters. The summed E-state index contributed by atoms with van der Waals surface area (Å²) in [6, 6.07) is 12.6. The molecule has 0 amide bonds. The van der Waals surface area contributed by atoms with Crippen LogP contribution in [0.4, 0.5) is 0 Å². The molecule has 1 fully saturated rings. The minimum Gasteiger partial charge on any atom is -0.543 e. The Balaban J connectivity index is 2.02. The molecule has 4 rings (SSSR count). The molecular weight excluding hydrogens is 757 g/mol. The molecule has 0 unspecified atom stereocenters. The quantitative estimate of drug-likeness (QED) is 0.134. The number of carbonyl (C=O) groups excluding carboxylic acids is 1. The van der Waals surface area contributed by atoms with Crippen LogP contribution in [0.3, 0.4) is 0 Å². The van der Waals surface area contributed by atoms with Gasteiger partial charge in [0.15, 0.2) is 14.4 Å². The molecule has 2 N–H and O–H groups in total. The highest BCUT2D eigenvalue weighted by Crippen LogP contribution is 2.55. The number of hydrogen-bond acceptors (Lipinski definition) is 9. The average Bonchev–Trinajstić information content (AvgIpc) is 3.46. The molecular formula is C44H74O9Si3. The van der Waals surface area contributed by atoms with Crippen molar-refractivity contribution < 1.29 is 42.5 Å². The minimum absolute atomic E-state index is 0.0137. The van der Waals surface area contributed by atoms with Gasteiger partial charge in [-0.3, -0.25) is 0 Å². The zero-order chi connectivity index (χ0) is 42.3. The molecule has 1 spiro atoms. The second kappa shape index (κ2) is 17.3. The summed E-state index contributed by atoms with van der Waals surface area (Å²) < 4.78 is 41.5. The maximum atomic E-state index is 13.9. The third-order valence-corrected chi connectivity index (χ3v) is 29.8. The lowest BCUT2D eigenvalue weighted by atomic mass is 9.86. The lowest BCUT2D eigenvalue weighted by Crippen LogP contribution is -2.65. The van der Waals surface area contributed by atoms with Gasteiger partial charge in [-0.15, -0.1) is 0 Å². The number of ether oxygens (including phenoxy) is 3. The Bertz CT molecular complexity index is 1590. The van der Waals surface area contributed by atoms with Crippen LogP contribution in [0.2, 0.25) is 51.4 Å². The third kappa shape index (κ3) is 8.51. The largest absolute Gasteiger partial charge is 0.543 e. The fourth-order valence-corrected chi connectivity index (χ4v) is 21.0. The monoisotopic (exact) mass is 830 g/mol. The molecule has 2 aliphatic heterocycles. The second-order valence-electron chi connectivity index (χ2n) is 19.7. The molecule has 316 valence electrons. The summed E-state index contributed by atoms with van der Waals surface area (Å²) in [6.07, 6.45) is -5.48. The van der Waals surface area contributed by atoms with Crippen molar-refractivity contribution in [3.63, 3.8) is 0 Å². The SMILES string of the molecule is CC(C)[Si](Oc1cc2c(c(O[Si](C(C)C)(C(C)C)C(C)C)c1)[C@]1(OC2)O[C@H](CO[Si](C)(C)C(C)(C)C)[C@@H](O)[C@H](O)[C@H]1OC(=O)c1ccccc1)(C(C)C)C(C)C. The van der Waals surface area contributed by atoms with Crippen LogP contribution in [-0.4, -0.2) is 72.2 Å². The van der Waals surface area contributed by atoms with Crippen molar-refractivity contribution in [3.05, 3.63) is 59.2 Å². The first kappa shape index (κ1) is 46.6. The van der Waals surface area contributed by atoms with E-state index in [0.29, 0.717) is 39.2 Å². The van der Waals surface area contributed by atoms with E-state index in [1.54, 1.807) is 24.3 Å². The van der Waals surface area contributed by atoms with Crippen LogP contribution in [0.5, 0.6) is 11.5 Å². The maximum absolute atomic E-state index is 13.9. The molecule has 2 heterocycles. The van der Waals surface area contributed by atoms with Crippen molar-refractivity contribution in [1.82, 2.24) is 0 Å². The molecule has 0 aromatic heterocycles. The van der Waals surface area contributed by atoms with Gasteiger partial charge in [0.2, 0.25) is 5.79 Å². The lowest BCUT2D eigenvalue weighted by molar-refractivity contribution is -0.366. The molecule has 1 saturated heterocycles. The summed E-state index contributed by atoms with van der Waals surface area (Å²) in [5, 5.41) is 23.8. The van der Waals surface area contributed by atoms with Crippen molar-refractivity contribution >= 4 is 30.9 Å². The number of aliphatic hydroxyl groups is 2. The number of rotatable bonds is 15. The van der Waals surface area contributed by atoms with E-state index >= 15 is 0 Å². The van der Waals surface area contributed by atoms with Gasteiger partial charge in [-0.05, 0) is 75.1 Å². The molecule has 9 nitrogen and oxygen atoms in total. The Hall–Kier alpha value is -2.04. The normalized spacial score (nSPS) is 23.6. The summed E-state index contributed by atoms with van der Waals surface area (Å²) in [5.74, 6) is -1.24. The van der Waals surface area contributed by atoms with Gasteiger partial charge in [0.1, 0.15) is 29.8 Å². The van der Waals surface area contributed by atoms with Crippen molar-refractivity contribution in [2.45, 2.75) is 192 Å². The number of carbonyl (C=O) groups is 1. The highest BCUT2D eigenvalue weighted by Gasteiger charge is 2.63. The van der Waals surface area contributed by atoms with Crippen LogP contribution in [0, 0.1) is 0 Å². The number of benzene rings is 2. The Morgan fingerprint density at radius 3 is 1.77 bits per heavy atom. The van der Waals surface area contributed by atoms with Gasteiger partial charge in [0.05, 0.1) is 24.3 Å². The molecule has 12 heteroatoms. The van der Waals surface area contributed by atoms with Gasteiger partial charge in [-0.25, -0.2) is 4.79 Å². The maximum Gasteiger partial charge on any atom is 0.338 e. The topological polar surface area (TPSA) is 113 Å². The number of aliphatic hydroxyl groups excluding tert-OH is 2. The summed E-state index contributed by atoms with van der Waals surface area (Å²) in [4.78, 5) is 13.9. The van der Waals surface area contributed by atoms with Crippen LogP contribution >= 0.6 is 0 Å². The Kier molecular flexibility index (Phi) is 14.4. The van der Waals surface area contributed by atoms with E-state index in [9.17, 15) is 15.0 Å². The molecule has 56 heavy (non-hydrogen) atoms. The molecule has 2 aromatic rings. The van der Waals surface area contributed by atoms with Gasteiger partial charge >= 0.3 is 5.97 Å². The van der Waals surface area contributed by atoms with Crippen LogP contribution in [0.15, 0.2) is 42.5 Å². The first-order valence-electron chi connectivity index (χ1n) is 20.9. The molecule has 0 aliphatic carbocycles. The number of fused-ring (bicyclic) bond motifs is 2. The van der Waals surface area contributed by atoms with E-state index in [-0.39, 0.29) is 34.9 Å². The van der Waals surface area contributed by atoms with E-state index in [4.69, 9.17) is 27.5 Å². The van der Waals surface area contributed by atoms with E-state index in [0.717, 1.165) is 5.56 Å². The fraction of sp³-hybridized carbons (Fsp3) is 0.705. The first-order valence-corrected chi connectivity index (χ1v) is 28.1. The molecule has 0 radical (unpaired) electrons. The summed E-state index contributed by atoms with van der Waals surface area (Å²) >= 11 is 0. The van der Waals surface area contributed by atoms with Gasteiger partial charge in [0, 0.05) is 6.07 Å². The lowest BCUT2D eigenvalue weighted by Gasteiger charge is -2.49. The van der Waals surface area contributed by atoms with Crippen LogP contribution in [-0.2, 0) is 31.0 Å². The first-order chi connectivity index (χ1) is 25.8. The van der Waals surface area contributed by atoms with Gasteiger partial charge in [0.25, 0.3) is 16.6 Å². The highest BCUT2D eigenvalue weighted by atomic mass is 28.4. The van der Waals surface area contributed by atoms with Gasteiger partial charge in [-0.2, -0.15) is 0 Å². The molecule has 2 aliphatic rings. The van der Waals surface area contributed by atoms with E-state index in [1.807, 2.05) is 18.2 Å². The Morgan fingerprint density at radius 1 is 0.786 bits per heavy atom. The van der Waals surface area contributed by atoms with Crippen molar-refractivity contribution in [1.29, 1.82) is 0 Å². The standard InChI is InChI=1S/C44H74O9Si3/c1-27(2)55(28(3)4,29(5)6)52-35-23-34-25-48-44(38(34)36(24-35)53-56(30(7)8,31(9)10)32(11)12)41(50-42(47)33-21-19-18-20-22-33)40(46)39(45)37(51-44)26-49-54(16,17)43(13,14)15/h18-24,27-32,37,39-41,45-46H,25-26H2,1-17H3/t37-,39-,40+,41-,44+/m1/s1. The second-order valence-corrected chi connectivity index (χ2v) is 35.2. The van der Waals surface area contributed by atoms with E-state index in [1.165, 1.54) is 0 Å². The van der Waals surface area contributed by atoms with Crippen LogP contribution in [0.1, 0.15) is 125 Å². The highest BCUT2D eigenvalue weighted by molar-refractivity contribution is 6.79. The third-order valence-electron chi connectivity index (χ3n) is 13.3. The minimum atomic E-state index is -2.65. The Labute approximate surface area is 341 Å². The van der Waals surface area contributed by atoms with Crippen molar-refractivity contribution in [2.24, 2.45) is 0 Å². The zero-order valence-corrected chi connectivity index (χ0v) is 40.5. The number of hydrogen-bond donors (Lipinski definition) is 2. The van der Waals surface area contributed by atoms with Crippen molar-refractivity contribution in [3.8, 4) is 11.5 Å². The summed E-state index contributed by atoms with van der Waals surface area (Å²) in [6.45, 7) is 37.9. The van der Waals surface area contributed by atoms with E-state index in [2.05, 4.69) is 117 Å². The summed E-state index contributed by atoms with van der Waals surface area (Å²) in [7, 11) is -7.38. The molecule has 0 saturated carbocycles. The van der Waals surface area contributed by atoms with Crippen LogP contribution in [0.25, 0.3) is 0 Å². The number of esters is 1. The molecule has 0 bridgehead atoms. The smallest absolute Gasteiger partial charge is 0.338 e. The Morgan fingerprint density at radius 2 is 1.29 bits per heavy atom. The molecule has 2 aromatic carbocycles. The van der Waals surface area contributed by atoms with Crippen LogP contribution < -0.4 is 8.85 Å². The average molecular weight is 831 g/mol. The van der Waals surface area contributed by atoms with Crippen molar-refractivity contribution in [2.75, 3.05) is 6.61 Å². The predicted octanol–water partition coefficient (Wildman–Crippen LogP) is 10.8. The fourth-order valence-electron chi connectivity index (χ4n) is 9.50. The van der Waals surface area contributed by atoms with Gasteiger partial charge < -0.3 is 37.7 Å². The predicted molar refractivity (Wildman–Crippen MR) is 232 cm³/mol. The van der Waals surface area contributed by atoms with Gasteiger partial charge in [-0.1, -0.05) is 122 Å².